The van der Waals surface area contributed by atoms with Crippen LogP contribution in [0.1, 0.15) is 16.3 Å². The average molecular weight is 248 g/mol. The third-order valence-electron chi connectivity index (χ3n) is 2.16. The summed E-state index contributed by atoms with van der Waals surface area (Å²) in [4.78, 5) is 23.2. The van der Waals surface area contributed by atoms with Crippen molar-refractivity contribution in [2.24, 2.45) is 0 Å². The van der Waals surface area contributed by atoms with Crippen LogP contribution >= 0.6 is 0 Å². The van der Waals surface area contributed by atoms with E-state index in [1.165, 1.54) is 25.8 Å². The number of ether oxygens (including phenoxy) is 1. The molecule has 2 heterocycles. The van der Waals surface area contributed by atoms with E-state index in [1.54, 1.807) is 0 Å². The highest BCUT2D eigenvalue weighted by molar-refractivity contribution is 5.87. The fraction of sp³-hybridized carbons (Fsp3) is 0.300. The number of carbonyl (C=O) groups is 1. The van der Waals surface area contributed by atoms with Gasteiger partial charge in [0, 0.05) is 13.0 Å². The molecule has 2 aromatic rings. The molecule has 2 N–H and O–H groups in total. The number of aromatic amines is 1. The van der Waals surface area contributed by atoms with Crippen LogP contribution in [0.5, 0.6) is 0 Å². The molecule has 0 saturated heterocycles. The molecule has 94 valence electrons. The largest absolute Gasteiger partial charge is 0.464 e. The van der Waals surface area contributed by atoms with Crippen molar-refractivity contribution < 1.29 is 9.53 Å². The Labute approximate surface area is 103 Å². The Hall–Kier alpha value is -2.51. The average Bonchev–Trinajstić information content (AvgIpc) is 2.91. The molecule has 2 aromatic heterocycles. The smallest absolute Gasteiger partial charge is 0.358 e. The number of hydrogen-bond acceptors (Lipinski definition) is 7. The van der Waals surface area contributed by atoms with Gasteiger partial charge in [-0.05, 0) is 0 Å². The summed E-state index contributed by atoms with van der Waals surface area (Å²) in [6, 6.07) is 0. The van der Waals surface area contributed by atoms with E-state index in [-0.39, 0.29) is 5.69 Å². The lowest BCUT2D eigenvalue weighted by Crippen LogP contribution is -2.11. The topological polar surface area (TPSA) is 106 Å². The van der Waals surface area contributed by atoms with Crippen molar-refractivity contribution in [2.45, 2.75) is 6.42 Å². The highest BCUT2D eigenvalue weighted by Gasteiger charge is 2.08. The van der Waals surface area contributed by atoms with Gasteiger partial charge in [-0.3, -0.25) is 10.1 Å². The van der Waals surface area contributed by atoms with Crippen LogP contribution in [0.2, 0.25) is 0 Å². The van der Waals surface area contributed by atoms with E-state index in [0.29, 0.717) is 18.8 Å². The number of esters is 1. The molecule has 8 heteroatoms. The Balaban J connectivity index is 1.91. The summed E-state index contributed by atoms with van der Waals surface area (Å²) < 4.78 is 4.56. The predicted molar refractivity (Wildman–Crippen MR) is 61.9 cm³/mol. The summed E-state index contributed by atoms with van der Waals surface area (Å²) in [7, 11) is 1.30. The van der Waals surface area contributed by atoms with Gasteiger partial charge in [0.25, 0.3) is 0 Å². The normalized spacial score (nSPS) is 10.1. The molecular formula is C10H12N6O2. The fourth-order valence-corrected chi connectivity index (χ4v) is 1.31. The van der Waals surface area contributed by atoms with Crippen LogP contribution in [0.3, 0.4) is 0 Å². The molecule has 0 aliphatic rings. The van der Waals surface area contributed by atoms with Crippen LogP contribution in [-0.4, -0.2) is 44.8 Å². The van der Waals surface area contributed by atoms with Crippen LogP contribution in [0, 0.1) is 0 Å². The third kappa shape index (κ3) is 3.00. The van der Waals surface area contributed by atoms with Gasteiger partial charge >= 0.3 is 5.97 Å². The number of H-pyrrole nitrogens is 1. The number of aromatic nitrogens is 5. The Morgan fingerprint density at radius 2 is 2.39 bits per heavy atom. The van der Waals surface area contributed by atoms with Crippen LogP contribution < -0.4 is 5.32 Å². The molecular weight excluding hydrogens is 236 g/mol. The van der Waals surface area contributed by atoms with E-state index in [9.17, 15) is 4.79 Å². The monoisotopic (exact) mass is 248 g/mol. The van der Waals surface area contributed by atoms with Gasteiger partial charge in [-0.25, -0.2) is 14.8 Å². The first-order valence-electron chi connectivity index (χ1n) is 5.28. The lowest BCUT2D eigenvalue weighted by molar-refractivity contribution is 0.0593. The minimum Gasteiger partial charge on any atom is -0.464 e. The predicted octanol–water partition coefficient (Wildman–Crippen LogP) is 0.0359. The Bertz CT molecular complexity index is 513. The van der Waals surface area contributed by atoms with Gasteiger partial charge in [-0.2, -0.15) is 5.10 Å². The second-order valence-electron chi connectivity index (χ2n) is 3.39. The van der Waals surface area contributed by atoms with Crippen molar-refractivity contribution in [3.63, 3.8) is 0 Å². The molecule has 0 atom stereocenters. The SMILES string of the molecule is COC(=O)c1cncc(NCCc2ncn[nH]2)n1. The van der Waals surface area contributed by atoms with Crippen molar-refractivity contribution in [3.05, 3.63) is 30.2 Å². The number of rotatable bonds is 5. The van der Waals surface area contributed by atoms with Crippen LogP contribution in [-0.2, 0) is 11.2 Å². The molecule has 0 unspecified atom stereocenters. The first kappa shape index (κ1) is 12.0. The molecule has 2 rings (SSSR count). The number of hydrogen-bond donors (Lipinski definition) is 2. The second-order valence-corrected chi connectivity index (χ2v) is 3.39. The number of nitrogens with zero attached hydrogens (tertiary/aromatic N) is 4. The first-order valence-corrected chi connectivity index (χ1v) is 5.28. The minimum absolute atomic E-state index is 0.169. The van der Waals surface area contributed by atoms with E-state index >= 15 is 0 Å². The molecule has 0 spiro atoms. The van der Waals surface area contributed by atoms with Gasteiger partial charge in [0.05, 0.1) is 19.5 Å². The molecule has 0 bridgehead atoms. The lowest BCUT2D eigenvalue weighted by Gasteiger charge is -2.04. The maximum atomic E-state index is 11.3. The van der Waals surface area contributed by atoms with E-state index < -0.39 is 5.97 Å². The molecule has 0 amide bonds. The quantitative estimate of drug-likeness (QED) is 0.719. The molecule has 0 radical (unpaired) electrons. The maximum Gasteiger partial charge on any atom is 0.358 e. The van der Waals surface area contributed by atoms with Gasteiger partial charge in [-0.15, -0.1) is 0 Å². The Morgan fingerprint density at radius 1 is 1.50 bits per heavy atom. The number of carbonyl (C=O) groups excluding carboxylic acids is 1. The summed E-state index contributed by atoms with van der Waals surface area (Å²) in [5.41, 5.74) is 0.169. The highest BCUT2D eigenvalue weighted by Crippen LogP contribution is 2.03. The lowest BCUT2D eigenvalue weighted by atomic mass is 10.4. The van der Waals surface area contributed by atoms with E-state index in [2.05, 4.69) is 35.2 Å². The summed E-state index contributed by atoms with van der Waals surface area (Å²) in [5.74, 6) is 0.776. The zero-order valence-electron chi connectivity index (χ0n) is 9.75. The number of methoxy groups -OCH3 is 1. The highest BCUT2D eigenvalue weighted by atomic mass is 16.5. The zero-order chi connectivity index (χ0) is 12.8. The molecule has 0 aliphatic carbocycles. The van der Waals surface area contributed by atoms with Crippen LogP contribution in [0.25, 0.3) is 0 Å². The van der Waals surface area contributed by atoms with Crippen molar-refractivity contribution in [3.8, 4) is 0 Å². The molecule has 0 aliphatic heterocycles. The first-order chi connectivity index (χ1) is 8.79. The standard InChI is InChI=1S/C10H12N6O2/c1-18-10(17)7-4-11-5-9(15-7)12-3-2-8-13-6-14-16-8/h4-6H,2-3H2,1H3,(H,12,15)(H,13,14,16). The fourth-order valence-electron chi connectivity index (χ4n) is 1.31. The third-order valence-corrected chi connectivity index (χ3v) is 2.16. The van der Waals surface area contributed by atoms with Crippen LogP contribution in [0.15, 0.2) is 18.7 Å². The van der Waals surface area contributed by atoms with Gasteiger partial charge in [0.2, 0.25) is 0 Å². The molecule has 0 saturated carbocycles. The zero-order valence-corrected chi connectivity index (χ0v) is 9.75. The summed E-state index contributed by atoms with van der Waals surface area (Å²) >= 11 is 0. The Morgan fingerprint density at radius 3 is 3.11 bits per heavy atom. The molecule has 0 fully saturated rings. The van der Waals surface area contributed by atoms with Crippen LogP contribution in [0.4, 0.5) is 5.82 Å². The maximum absolute atomic E-state index is 11.3. The van der Waals surface area contributed by atoms with Crippen molar-refractivity contribution in [1.29, 1.82) is 0 Å². The summed E-state index contributed by atoms with van der Waals surface area (Å²) in [6.45, 7) is 0.606. The number of anilines is 1. The number of nitrogens with one attached hydrogen (secondary N) is 2. The van der Waals surface area contributed by atoms with Gasteiger partial charge in [-0.1, -0.05) is 0 Å². The summed E-state index contributed by atoms with van der Waals surface area (Å²) in [6.07, 6.45) is 5.01. The van der Waals surface area contributed by atoms with E-state index in [1.807, 2.05) is 0 Å². The van der Waals surface area contributed by atoms with Crippen molar-refractivity contribution >= 4 is 11.8 Å². The summed E-state index contributed by atoms with van der Waals surface area (Å²) in [5, 5.41) is 9.53. The van der Waals surface area contributed by atoms with Gasteiger partial charge in [0.15, 0.2) is 5.69 Å². The second kappa shape index (κ2) is 5.71. The molecule has 8 nitrogen and oxygen atoms in total. The van der Waals surface area contributed by atoms with E-state index in [0.717, 1.165) is 5.82 Å². The molecule has 0 aromatic carbocycles. The van der Waals surface area contributed by atoms with Crippen molar-refractivity contribution in [1.82, 2.24) is 25.1 Å². The van der Waals surface area contributed by atoms with Gasteiger partial charge in [0.1, 0.15) is 18.0 Å². The Kier molecular flexibility index (Phi) is 3.79. The van der Waals surface area contributed by atoms with Crippen molar-refractivity contribution in [2.75, 3.05) is 19.0 Å². The minimum atomic E-state index is -0.513. The molecule has 18 heavy (non-hydrogen) atoms. The van der Waals surface area contributed by atoms with Gasteiger partial charge < -0.3 is 10.1 Å². The van der Waals surface area contributed by atoms with E-state index in [4.69, 9.17) is 0 Å².